The van der Waals surface area contributed by atoms with E-state index in [1.165, 1.54) is 5.56 Å². The first-order valence-corrected chi connectivity index (χ1v) is 7.51. The first kappa shape index (κ1) is 14.0. The Hall–Kier alpha value is -1.94. The van der Waals surface area contributed by atoms with Crippen molar-refractivity contribution in [1.82, 2.24) is 19.5 Å². The number of alkyl halides is 1. The Morgan fingerprint density at radius 2 is 1.95 bits per heavy atom. The van der Waals surface area contributed by atoms with Crippen LogP contribution in [0.2, 0.25) is 0 Å². The van der Waals surface area contributed by atoms with E-state index in [1.54, 1.807) is 0 Å². The number of pyridine rings is 2. The van der Waals surface area contributed by atoms with E-state index in [9.17, 15) is 0 Å². The highest BCUT2D eigenvalue weighted by molar-refractivity contribution is 6.17. The van der Waals surface area contributed by atoms with Crippen LogP contribution in [0.1, 0.15) is 22.6 Å². The van der Waals surface area contributed by atoms with Crippen LogP contribution in [-0.2, 0) is 13.0 Å². The van der Waals surface area contributed by atoms with Gasteiger partial charge >= 0.3 is 0 Å². The van der Waals surface area contributed by atoms with Crippen LogP contribution in [0, 0.1) is 13.8 Å². The maximum Gasteiger partial charge on any atom is 0.160 e. The summed E-state index contributed by atoms with van der Waals surface area (Å²) in [7, 11) is 0. The highest BCUT2D eigenvalue weighted by atomic mass is 35.5. The van der Waals surface area contributed by atoms with Gasteiger partial charge in [-0.15, -0.1) is 11.6 Å². The van der Waals surface area contributed by atoms with Crippen molar-refractivity contribution in [2.24, 2.45) is 0 Å². The Morgan fingerprint density at radius 3 is 2.71 bits per heavy atom. The number of imidazole rings is 1. The van der Waals surface area contributed by atoms with Gasteiger partial charge in [-0.25, -0.2) is 9.97 Å². The lowest BCUT2D eigenvalue weighted by Crippen LogP contribution is -2.09. The molecule has 3 aromatic heterocycles. The van der Waals surface area contributed by atoms with E-state index in [0.29, 0.717) is 12.4 Å². The molecule has 0 atom stereocenters. The van der Waals surface area contributed by atoms with Gasteiger partial charge in [0.25, 0.3) is 0 Å². The molecular weight excluding hydrogens is 284 g/mol. The largest absolute Gasteiger partial charge is 0.307 e. The van der Waals surface area contributed by atoms with Gasteiger partial charge in [0, 0.05) is 24.7 Å². The Balaban J connectivity index is 2.13. The number of hydrogen-bond donors (Lipinski definition) is 0. The van der Waals surface area contributed by atoms with E-state index in [0.717, 1.165) is 34.7 Å². The molecule has 3 aromatic rings. The van der Waals surface area contributed by atoms with Crippen molar-refractivity contribution in [3.63, 3.8) is 0 Å². The van der Waals surface area contributed by atoms with Crippen molar-refractivity contribution in [2.75, 3.05) is 5.88 Å². The summed E-state index contributed by atoms with van der Waals surface area (Å²) in [5.74, 6) is 1.51. The van der Waals surface area contributed by atoms with E-state index >= 15 is 0 Å². The van der Waals surface area contributed by atoms with Crippen molar-refractivity contribution in [1.29, 1.82) is 0 Å². The molecule has 3 heterocycles. The first-order chi connectivity index (χ1) is 10.2. The Kier molecular flexibility index (Phi) is 3.88. The molecule has 0 spiro atoms. The fourth-order valence-corrected chi connectivity index (χ4v) is 2.63. The highest BCUT2D eigenvalue weighted by Gasteiger charge is 2.14. The summed E-state index contributed by atoms with van der Waals surface area (Å²) >= 11 is 5.92. The van der Waals surface area contributed by atoms with Gasteiger partial charge in [-0.05, 0) is 37.1 Å². The second-order valence-corrected chi connectivity index (χ2v) is 5.50. The van der Waals surface area contributed by atoms with Gasteiger partial charge in [0.15, 0.2) is 5.65 Å². The number of rotatable bonds is 4. The lowest BCUT2D eigenvalue weighted by molar-refractivity contribution is 0.727. The molecule has 108 valence electrons. The summed E-state index contributed by atoms with van der Waals surface area (Å²) in [6, 6.07) is 6.00. The van der Waals surface area contributed by atoms with Crippen molar-refractivity contribution in [3.05, 3.63) is 53.2 Å². The van der Waals surface area contributed by atoms with Crippen LogP contribution < -0.4 is 0 Å². The standard InChI is InChI=1S/C16H17ClN4/c1-11-4-3-8-18-13(11)10-21-14(5-7-17)20-15-12(2)6-9-19-16(15)21/h3-4,6,8-9H,5,7,10H2,1-2H3. The third-order valence-electron chi connectivity index (χ3n) is 3.66. The van der Waals surface area contributed by atoms with Crippen molar-refractivity contribution < 1.29 is 0 Å². The third-order valence-corrected chi connectivity index (χ3v) is 3.85. The van der Waals surface area contributed by atoms with Crippen LogP contribution in [0.25, 0.3) is 11.2 Å². The number of nitrogens with zero attached hydrogens (tertiary/aromatic N) is 4. The lowest BCUT2D eigenvalue weighted by atomic mass is 10.2. The molecule has 3 rings (SSSR count). The molecule has 0 radical (unpaired) electrons. The molecule has 0 saturated carbocycles. The number of hydrogen-bond acceptors (Lipinski definition) is 3. The lowest BCUT2D eigenvalue weighted by Gasteiger charge is -2.09. The number of aryl methyl sites for hydroxylation is 3. The van der Waals surface area contributed by atoms with E-state index in [2.05, 4.69) is 34.4 Å². The van der Waals surface area contributed by atoms with E-state index < -0.39 is 0 Å². The van der Waals surface area contributed by atoms with Crippen molar-refractivity contribution in [2.45, 2.75) is 26.8 Å². The maximum absolute atomic E-state index is 5.92. The smallest absolute Gasteiger partial charge is 0.160 e. The minimum Gasteiger partial charge on any atom is -0.307 e. The van der Waals surface area contributed by atoms with Crippen LogP contribution in [-0.4, -0.2) is 25.4 Å². The molecule has 0 amide bonds. The molecule has 4 nitrogen and oxygen atoms in total. The molecule has 0 aromatic carbocycles. The van der Waals surface area contributed by atoms with E-state index in [-0.39, 0.29) is 0 Å². The maximum atomic E-state index is 5.92. The summed E-state index contributed by atoms with van der Waals surface area (Å²) in [5.41, 5.74) is 5.19. The molecule has 0 bridgehead atoms. The number of aromatic nitrogens is 4. The van der Waals surface area contributed by atoms with Gasteiger partial charge in [-0.3, -0.25) is 4.98 Å². The summed E-state index contributed by atoms with van der Waals surface area (Å²) < 4.78 is 2.13. The predicted molar refractivity (Wildman–Crippen MR) is 84.8 cm³/mol. The highest BCUT2D eigenvalue weighted by Crippen LogP contribution is 2.20. The van der Waals surface area contributed by atoms with Gasteiger partial charge in [-0.1, -0.05) is 6.07 Å². The van der Waals surface area contributed by atoms with Crippen LogP contribution in [0.15, 0.2) is 30.6 Å². The third kappa shape index (κ3) is 2.63. The Morgan fingerprint density at radius 1 is 1.10 bits per heavy atom. The minimum atomic E-state index is 0.545. The van der Waals surface area contributed by atoms with Crippen LogP contribution >= 0.6 is 11.6 Å². The van der Waals surface area contributed by atoms with Crippen LogP contribution in [0.4, 0.5) is 0 Å². The fourth-order valence-electron chi connectivity index (χ4n) is 2.46. The molecule has 0 aliphatic rings. The SMILES string of the molecule is Cc1cccnc1Cn1c(CCCl)nc2c(C)ccnc21. The molecule has 0 fully saturated rings. The first-order valence-electron chi connectivity index (χ1n) is 6.98. The minimum absolute atomic E-state index is 0.545. The molecular formula is C16H17ClN4. The Bertz CT molecular complexity index is 779. The fraction of sp³-hybridized carbons (Fsp3) is 0.312. The predicted octanol–water partition coefficient (Wildman–Crippen LogP) is 3.27. The van der Waals surface area contributed by atoms with Crippen LogP contribution in [0.3, 0.4) is 0 Å². The Labute approximate surface area is 128 Å². The average molecular weight is 301 g/mol. The molecule has 5 heteroatoms. The zero-order chi connectivity index (χ0) is 14.8. The molecule has 0 unspecified atom stereocenters. The summed E-state index contributed by atoms with van der Waals surface area (Å²) in [5, 5.41) is 0. The zero-order valence-corrected chi connectivity index (χ0v) is 12.9. The summed E-state index contributed by atoms with van der Waals surface area (Å²) in [6.45, 7) is 4.80. The second kappa shape index (κ2) is 5.82. The molecule has 0 aliphatic carbocycles. The molecule has 0 N–H and O–H groups in total. The summed E-state index contributed by atoms with van der Waals surface area (Å²) in [6.07, 6.45) is 4.37. The summed E-state index contributed by atoms with van der Waals surface area (Å²) in [4.78, 5) is 13.7. The van der Waals surface area contributed by atoms with E-state index in [1.807, 2.05) is 24.5 Å². The normalized spacial score (nSPS) is 11.2. The van der Waals surface area contributed by atoms with E-state index in [4.69, 9.17) is 16.6 Å². The second-order valence-electron chi connectivity index (χ2n) is 5.12. The van der Waals surface area contributed by atoms with Crippen molar-refractivity contribution in [3.8, 4) is 0 Å². The van der Waals surface area contributed by atoms with Gasteiger partial charge in [0.2, 0.25) is 0 Å². The number of fused-ring (bicyclic) bond motifs is 1. The van der Waals surface area contributed by atoms with Crippen LogP contribution in [0.5, 0.6) is 0 Å². The van der Waals surface area contributed by atoms with Crippen molar-refractivity contribution >= 4 is 22.8 Å². The van der Waals surface area contributed by atoms with Gasteiger partial charge in [0.05, 0.1) is 12.2 Å². The monoisotopic (exact) mass is 300 g/mol. The topological polar surface area (TPSA) is 43.6 Å². The van der Waals surface area contributed by atoms with Gasteiger partial charge in [-0.2, -0.15) is 0 Å². The quantitative estimate of drug-likeness (QED) is 0.695. The van der Waals surface area contributed by atoms with Gasteiger partial charge < -0.3 is 4.57 Å². The average Bonchev–Trinajstić information content (AvgIpc) is 2.82. The zero-order valence-electron chi connectivity index (χ0n) is 12.2. The number of halogens is 1. The molecule has 21 heavy (non-hydrogen) atoms. The molecule has 0 saturated heterocycles. The molecule has 0 aliphatic heterocycles. The van der Waals surface area contributed by atoms with Gasteiger partial charge in [0.1, 0.15) is 11.3 Å².